The molecule has 4 radical (unpaired) electrons. The van der Waals surface area contributed by atoms with Crippen LogP contribution in [0.1, 0.15) is 0 Å². The second-order valence-corrected chi connectivity index (χ2v) is 0. The predicted molar refractivity (Wildman–Crippen MR) is 17.3 cm³/mol. The molecule has 0 N–H and O–H groups in total. The maximum Gasteiger partial charge on any atom is 0 e. The van der Waals surface area contributed by atoms with Crippen molar-refractivity contribution in [1.29, 1.82) is 0 Å². The molecule has 0 heterocycles. The van der Waals surface area contributed by atoms with Crippen molar-refractivity contribution in [2.45, 2.75) is 0 Å². The van der Waals surface area contributed by atoms with Crippen molar-refractivity contribution >= 4 is 81.9 Å². The number of rotatable bonds is 0. The van der Waals surface area contributed by atoms with Gasteiger partial charge in [0.15, 0.2) is 0 Å². The van der Waals surface area contributed by atoms with E-state index in [0.29, 0.717) is 0 Å². The van der Waals surface area contributed by atoms with Crippen LogP contribution in [0.3, 0.4) is 0 Å². The molecule has 0 fully saturated rings. The topological polar surface area (TPSA) is 0 Å². The molecule has 12 valence electrons. The Balaban J connectivity index is 0. The summed E-state index contributed by atoms with van der Waals surface area (Å²) in [6.07, 6.45) is 0. The summed E-state index contributed by atoms with van der Waals surface area (Å²) in [5.74, 6) is 0. The van der Waals surface area contributed by atoms with Crippen LogP contribution in [-0.2, 0) is 0 Å². The maximum absolute atomic E-state index is 0. The van der Waals surface area contributed by atoms with E-state index in [9.17, 15) is 0 Å². The van der Waals surface area contributed by atoms with E-state index in [1.807, 2.05) is 0 Å². The molecule has 4 heteroatoms. The molecule has 0 aliphatic carbocycles. The molecule has 0 saturated heterocycles. The van der Waals surface area contributed by atoms with E-state index in [-0.39, 0.29) is 123 Å². The van der Waals surface area contributed by atoms with Crippen molar-refractivity contribution in [3.05, 3.63) is 0 Å². The van der Waals surface area contributed by atoms with E-state index in [1.165, 1.54) is 0 Å². The van der Waals surface area contributed by atoms with Crippen LogP contribution in [0, 0.1) is 41.3 Å². The molecule has 0 atom stereocenters. The first kappa shape index (κ1) is 24.2. The van der Waals surface area contributed by atoms with Gasteiger partial charge in [0.2, 0.25) is 0 Å². The average Bonchev–Trinajstić information content (AvgIpc) is 0. The molecule has 0 aromatic rings. The molecule has 0 spiro atoms. The zero-order valence-electron chi connectivity index (χ0n) is 2.31. The van der Waals surface area contributed by atoms with Gasteiger partial charge in [0.05, 0.1) is 0 Å². The van der Waals surface area contributed by atoms with Gasteiger partial charge in [-0.25, -0.2) is 0 Å². The van der Waals surface area contributed by atoms with E-state index in [0.717, 1.165) is 0 Å². The van der Waals surface area contributed by atoms with Crippen LogP contribution in [0.5, 0.6) is 0 Å². The van der Waals surface area contributed by atoms with E-state index < -0.39 is 0 Å². The maximum atomic E-state index is 0. The Labute approximate surface area is 120 Å². The van der Waals surface area contributed by atoms with Crippen LogP contribution in [0.2, 0.25) is 0 Å². The third-order valence-electron chi connectivity index (χ3n) is 0. The fourth-order valence-corrected chi connectivity index (χ4v) is 0. The first-order chi connectivity index (χ1) is 0. The first-order valence-electron chi connectivity index (χ1n) is 0. The van der Waals surface area contributed by atoms with Gasteiger partial charge < -0.3 is 0 Å². The summed E-state index contributed by atoms with van der Waals surface area (Å²) in [5, 5.41) is 0. The molecule has 0 aromatic heterocycles. The first-order valence-corrected chi connectivity index (χ1v) is 0. The summed E-state index contributed by atoms with van der Waals surface area (Å²) in [5.41, 5.74) is 0. The van der Waals surface area contributed by atoms with Crippen molar-refractivity contribution in [2.24, 2.45) is 0 Å². The van der Waals surface area contributed by atoms with Crippen LogP contribution in [0.4, 0.5) is 0 Å². The Morgan fingerprint density at radius 2 is 0.500 bits per heavy atom. The van der Waals surface area contributed by atoms with Gasteiger partial charge in [-0.15, -0.1) is 0 Å². The minimum atomic E-state index is 0. The molecule has 0 unspecified atom stereocenters. The molecule has 0 bridgehead atoms. The number of hydrogen-bond acceptors (Lipinski definition) is 0. The van der Waals surface area contributed by atoms with Crippen molar-refractivity contribution in [3.63, 3.8) is 0 Å². The summed E-state index contributed by atoms with van der Waals surface area (Å²) in [7, 11) is 0. The van der Waals surface area contributed by atoms with Crippen molar-refractivity contribution in [1.82, 2.24) is 0 Å². The molecule has 0 aromatic carbocycles. The fraction of sp³-hybridized carbons (Fsp3) is 0. The zero-order chi connectivity index (χ0) is 0. The van der Waals surface area contributed by atoms with Gasteiger partial charge in [-0.1, -0.05) is 0 Å². The van der Waals surface area contributed by atoms with Gasteiger partial charge in [-0.2, -0.15) is 0 Å². The Hall–Kier alpha value is 4.13. The molecule has 0 rings (SSSR count). The van der Waals surface area contributed by atoms with E-state index >= 15 is 0 Å². The summed E-state index contributed by atoms with van der Waals surface area (Å²) >= 11 is 0. The summed E-state index contributed by atoms with van der Waals surface area (Å²) in [6.45, 7) is 0. The third-order valence-corrected chi connectivity index (χ3v) is 0. The van der Waals surface area contributed by atoms with Crippen LogP contribution < -0.4 is 0 Å². The molecule has 4 heavy (non-hydrogen) atoms. The largest absolute Gasteiger partial charge is 0 e. The smallest absolute Gasteiger partial charge is 0 e. The zero-order valence-corrected chi connectivity index (χ0v) is 19.5. The SMILES string of the molecule is [Pr].[Tl].[Tl].[Tl]. The molecular weight excluding hydrogens is 754 g/mol. The quantitative estimate of drug-likeness (QED) is 0.275. The second kappa shape index (κ2) is 15.7. The minimum absolute atomic E-state index is 0. The summed E-state index contributed by atoms with van der Waals surface area (Å²) < 4.78 is 0. The van der Waals surface area contributed by atoms with Crippen LogP contribution in [0.15, 0.2) is 0 Å². The molecule has 0 aliphatic rings. The van der Waals surface area contributed by atoms with Crippen LogP contribution in [0.25, 0.3) is 0 Å². The summed E-state index contributed by atoms with van der Waals surface area (Å²) in [4.78, 5) is 0. The minimum Gasteiger partial charge on any atom is 0 e. The molecule has 0 amide bonds. The molecular formula is PrTl3. The normalized spacial score (nSPS) is 0. The van der Waals surface area contributed by atoms with Crippen LogP contribution in [-0.4, -0.2) is 81.9 Å². The average molecular weight is 754 g/mol. The predicted octanol–water partition coefficient (Wildman–Crippen LogP) is -1.14. The Kier molecular flexibility index (Phi) is 95.2. The van der Waals surface area contributed by atoms with Crippen LogP contribution >= 0.6 is 0 Å². The van der Waals surface area contributed by atoms with Crippen molar-refractivity contribution in [2.75, 3.05) is 0 Å². The monoisotopic (exact) mass is 756 g/mol. The molecule has 0 nitrogen and oxygen atoms in total. The second-order valence-electron chi connectivity index (χ2n) is 0. The van der Waals surface area contributed by atoms with Gasteiger partial charge in [0.1, 0.15) is 0 Å². The van der Waals surface area contributed by atoms with E-state index in [1.54, 1.807) is 0 Å². The van der Waals surface area contributed by atoms with Crippen molar-refractivity contribution in [3.8, 4) is 0 Å². The van der Waals surface area contributed by atoms with Gasteiger partial charge >= 0.3 is 0 Å². The Morgan fingerprint density at radius 1 is 0.500 bits per heavy atom. The molecule has 0 aliphatic heterocycles. The summed E-state index contributed by atoms with van der Waals surface area (Å²) in [6, 6.07) is 0. The molecule has 0 saturated carbocycles. The van der Waals surface area contributed by atoms with Gasteiger partial charge in [0, 0.05) is 123 Å². The Morgan fingerprint density at radius 3 is 0.500 bits per heavy atom. The van der Waals surface area contributed by atoms with Gasteiger partial charge in [-0.05, 0) is 0 Å². The Bertz CT molecular complexity index is 3.25. The van der Waals surface area contributed by atoms with Crippen molar-refractivity contribution < 1.29 is 41.3 Å². The number of hydrogen-bond donors (Lipinski definition) is 0. The third kappa shape index (κ3) is 9.46. The standard InChI is InChI=1S/Pr.3Tl. The fourth-order valence-electron chi connectivity index (χ4n) is 0. The van der Waals surface area contributed by atoms with Gasteiger partial charge in [0.25, 0.3) is 0 Å². The van der Waals surface area contributed by atoms with Gasteiger partial charge in [-0.3, -0.25) is 0 Å². The van der Waals surface area contributed by atoms with E-state index in [4.69, 9.17) is 0 Å². The van der Waals surface area contributed by atoms with E-state index in [2.05, 4.69) is 0 Å².